The van der Waals surface area contributed by atoms with Gasteiger partial charge in [-0.3, -0.25) is 9.59 Å². The zero-order chi connectivity index (χ0) is 64.0. The fourth-order valence-electron chi connectivity index (χ4n) is 11.3. The molecule has 9 heteroatoms. The summed E-state index contributed by atoms with van der Waals surface area (Å²) in [4.78, 5) is 37.6. The van der Waals surface area contributed by atoms with Gasteiger partial charge >= 0.3 is 11.9 Å². The third-order valence-electron chi connectivity index (χ3n) is 17.0. The van der Waals surface area contributed by atoms with Gasteiger partial charge in [0.25, 0.3) is 0 Å². The molecular formula is C79H145NO8. The maximum absolute atomic E-state index is 13.0. The van der Waals surface area contributed by atoms with E-state index in [-0.39, 0.29) is 32.2 Å². The van der Waals surface area contributed by atoms with E-state index >= 15 is 0 Å². The van der Waals surface area contributed by atoms with Crippen LogP contribution in [0.2, 0.25) is 0 Å². The Morgan fingerprint density at radius 1 is 0.352 bits per heavy atom. The number of hydrogen-bond donors (Lipinski definition) is 0. The molecule has 0 fully saturated rings. The van der Waals surface area contributed by atoms with E-state index in [9.17, 15) is 19.5 Å². The van der Waals surface area contributed by atoms with Gasteiger partial charge in [-0.1, -0.05) is 357 Å². The molecule has 88 heavy (non-hydrogen) atoms. The first kappa shape index (κ1) is 85.0. The third-order valence-corrected chi connectivity index (χ3v) is 17.0. The summed E-state index contributed by atoms with van der Waals surface area (Å²) in [6.07, 6.45) is 89.0. The Balaban J connectivity index is 4.02. The Bertz CT molecular complexity index is 1630. The minimum Gasteiger partial charge on any atom is -0.545 e. The van der Waals surface area contributed by atoms with E-state index in [2.05, 4.69) is 74.6 Å². The number of likely N-dealkylation sites (N-methyl/N-ethyl adjacent to an activating group) is 1. The molecular weight excluding hydrogens is 1090 g/mol. The van der Waals surface area contributed by atoms with Gasteiger partial charge in [0.05, 0.1) is 40.3 Å². The van der Waals surface area contributed by atoms with E-state index < -0.39 is 24.3 Å². The lowest BCUT2D eigenvalue weighted by Crippen LogP contribution is -2.44. The molecule has 0 bridgehead atoms. The maximum Gasteiger partial charge on any atom is 0.306 e. The second kappa shape index (κ2) is 69.9. The summed E-state index contributed by atoms with van der Waals surface area (Å²) in [5, 5.41) is 11.8. The van der Waals surface area contributed by atoms with Crippen molar-refractivity contribution in [3.05, 3.63) is 60.8 Å². The van der Waals surface area contributed by atoms with Gasteiger partial charge in [-0.15, -0.1) is 0 Å². The maximum atomic E-state index is 13.0. The minimum atomic E-state index is -1.62. The number of hydrogen-bond acceptors (Lipinski definition) is 8. The number of esters is 2. The normalized spacial score (nSPS) is 13.0. The van der Waals surface area contributed by atoms with Crippen LogP contribution in [0.5, 0.6) is 0 Å². The van der Waals surface area contributed by atoms with Crippen LogP contribution in [0.1, 0.15) is 367 Å². The number of quaternary nitrogens is 1. The minimum absolute atomic E-state index is 0.149. The first-order valence-corrected chi connectivity index (χ1v) is 37.9. The van der Waals surface area contributed by atoms with Crippen LogP contribution in [-0.4, -0.2) is 82.3 Å². The van der Waals surface area contributed by atoms with Gasteiger partial charge in [-0.25, -0.2) is 0 Å². The van der Waals surface area contributed by atoms with Crippen LogP contribution in [0.25, 0.3) is 0 Å². The zero-order valence-corrected chi connectivity index (χ0v) is 58.9. The topological polar surface area (TPSA) is 111 Å². The first-order chi connectivity index (χ1) is 43.1. The highest BCUT2D eigenvalue weighted by atomic mass is 16.7. The highest BCUT2D eigenvalue weighted by Gasteiger charge is 2.22. The van der Waals surface area contributed by atoms with Gasteiger partial charge in [-0.2, -0.15) is 0 Å². The third kappa shape index (κ3) is 70.4. The average molecular weight is 1240 g/mol. The SMILES string of the molecule is CC/C=C\C/C=C\C/C=C\C/C=C\C/C=C\CCCCCCCCCCCCCCCCCC(=O)OC(COC(=O)CCCCCCCCCCCCCCCCCCCCCCCCCCCCCCCCCC)COC(OCC[N+](C)(C)C)C(=O)[O-]. The van der Waals surface area contributed by atoms with Crippen molar-refractivity contribution < 1.29 is 42.9 Å². The van der Waals surface area contributed by atoms with Crippen LogP contribution < -0.4 is 5.11 Å². The van der Waals surface area contributed by atoms with Gasteiger partial charge in [-0.05, 0) is 57.8 Å². The Morgan fingerprint density at radius 3 is 0.966 bits per heavy atom. The number of unbranched alkanes of at least 4 members (excludes halogenated alkanes) is 46. The fourth-order valence-corrected chi connectivity index (χ4v) is 11.3. The van der Waals surface area contributed by atoms with Crippen molar-refractivity contribution in [3.8, 4) is 0 Å². The number of aliphatic carboxylic acids is 1. The highest BCUT2D eigenvalue weighted by molar-refractivity contribution is 5.70. The van der Waals surface area contributed by atoms with Crippen molar-refractivity contribution in [1.82, 2.24) is 0 Å². The molecule has 0 saturated heterocycles. The van der Waals surface area contributed by atoms with Gasteiger partial charge in [0.2, 0.25) is 0 Å². The standard InChI is InChI=1S/C79H145NO8/c1-6-8-10-12-14-16-18-20-22-24-26-28-30-32-34-36-38-40-41-43-45-47-49-51-53-55-57-59-61-63-65-67-69-76(81)86-73-75(74-87-79(78(83)84)85-72-71-80(3,4)5)88-77(82)70-68-66-64-62-60-58-56-54-52-50-48-46-44-42-39-37-35-33-31-29-27-25-23-21-19-17-15-13-11-9-7-2/h9,11,15,17,21,23,27,29,33,35,75,79H,6-8,10,12-14,16,18-20,22,24-26,28,30-32,34,36-74H2,1-5H3/b11-9-,17-15-,23-21-,29-27-,35-33-. The molecule has 0 N–H and O–H groups in total. The number of nitrogens with zero attached hydrogens (tertiary/aromatic N) is 1. The molecule has 0 spiro atoms. The molecule has 0 aliphatic heterocycles. The van der Waals surface area contributed by atoms with Crippen molar-refractivity contribution in [2.24, 2.45) is 0 Å². The molecule has 0 saturated carbocycles. The number of carbonyl (C=O) groups is 3. The predicted molar refractivity (Wildman–Crippen MR) is 375 cm³/mol. The van der Waals surface area contributed by atoms with E-state index in [1.807, 2.05) is 21.1 Å². The second-order valence-electron chi connectivity index (χ2n) is 26.9. The number of allylic oxidation sites excluding steroid dienone is 10. The summed E-state index contributed by atoms with van der Waals surface area (Å²) in [7, 11) is 5.94. The summed E-state index contributed by atoms with van der Waals surface area (Å²) < 4.78 is 22.9. The number of ether oxygens (including phenoxy) is 4. The molecule has 2 unspecified atom stereocenters. The first-order valence-electron chi connectivity index (χ1n) is 37.9. The van der Waals surface area contributed by atoms with Gasteiger partial charge in [0.15, 0.2) is 12.4 Å². The van der Waals surface area contributed by atoms with Crippen molar-refractivity contribution in [2.75, 3.05) is 47.5 Å². The van der Waals surface area contributed by atoms with Crippen LogP contribution in [0.3, 0.4) is 0 Å². The fraction of sp³-hybridized carbons (Fsp3) is 0.835. The molecule has 0 aliphatic carbocycles. The molecule has 0 amide bonds. The van der Waals surface area contributed by atoms with Crippen molar-refractivity contribution in [2.45, 2.75) is 379 Å². The van der Waals surface area contributed by atoms with E-state index in [1.165, 1.54) is 270 Å². The summed E-state index contributed by atoms with van der Waals surface area (Å²) in [5.41, 5.74) is 0. The lowest BCUT2D eigenvalue weighted by molar-refractivity contribution is -0.870. The number of carbonyl (C=O) groups excluding carboxylic acids is 3. The van der Waals surface area contributed by atoms with E-state index in [4.69, 9.17) is 18.9 Å². The van der Waals surface area contributed by atoms with E-state index in [0.717, 1.165) is 64.2 Å². The van der Waals surface area contributed by atoms with E-state index in [0.29, 0.717) is 23.9 Å². The molecule has 514 valence electrons. The summed E-state index contributed by atoms with van der Waals surface area (Å²) in [6, 6.07) is 0. The number of rotatable bonds is 71. The smallest absolute Gasteiger partial charge is 0.306 e. The summed E-state index contributed by atoms with van der Waals surface area (Å²) in [5.74, 6) is -2.26. The Hall–Kier alpha value is -3.01. The van der Waals surface area contributed by atoms with Crippen LogP contribution in [0.4, 0.5) is 0 Å². The Labute approximate surface area is 545 Å². The van der Waals surface area contributed by atoms with Gasteiger partial charge in [0, 0.05) is 12.8 Å². The lowest BCUT2D eigenvalue weighted by atomic mass is 10.0. The largest absolute Gasteiger partial charge is 0.545 e. The van der Waals surface area contributed by atoms with E-state index in [1.54, 1.807) is 0 Å². The monoisotopic (exact) mass is 1240 g/mol. The molecule has 0 aromatic rings. The highest BCUT2D eigenvalue weighted by Crippen LogP contribution is 2.19. The molecule has 9 nitrogen and oxygen atoms in total. The summed E-state index contributed by atoms with van der Waals surface area (Å²) in [6.45, 7) is 4.70. The quantitative estimate of drug-likeness (QED) is 0.0195. The van der Waals surface area contributed by atoms with Crippen LogP contribution in [-0.2, 0) is 33.3 Å². The molecule has 0 aromatic heterocycles. The van der Waals surface area contributed by atoms with Crippen molar-refractivity contribution >= 4 is 17.9 Å². The van der Waals surface area contributed by atoms with Crippen molar-refractivity contribution in [3.63, 3.8) is 0 Å². The molecule has 0 radical (unpaired) electrons. The summed E-state index contributed by atoms with van der Waals surface area (Å²) >= 11 is 0. The predicted octanol–water partition coefficient (Wildman–Crippen LogP) is 22.5. The molecule has 0 aromatic carbocycles. The van der Waals surface area contributed by atoms with Crippen LogP contribution in [0.15, 0.2) is 60.8 Å². The molecule has 0 heterocycles. The van der Waals surface area contributed by atoms with Gasteiger partial charge in [0.1, 0.15) is 13.2 Å². The lowest BCUT2D eigenvalue weighted by Gasteiger charge is -2.26. The Kier molecular flexibility index (Phi) is 67.5. The number of carboxylic acid groups (broad SMARTS) is 1. The Morgan fingerprint density at radius 2 is 0.648 bits per heavy atom. The molecule has 2 atom stereocenters. The zero-order valence-electron chi connectivity index (χ0n) is 58.9. The van der Waals surface area contributed by atoms with Crippen LogP contribution >= 0.6 is 0 Å². The molecule has 0 aliphatic rings. The molecule has 0 rings (SSSR count). The van der Waals surface area contributed by atoms with Gasteiger partial charge < -0.3 is 33.3 Å². The van der Waals surface area contributed by atoms with Crippen molar-refractivity contribution in [1.29, 1.82) is 0 Å². The van der Waals surface area contributed by atoms with Crippen LogP contribution in [0, 0.1) is 0 Å². The average Bonchev–Trinajstić information content (AvgIpc) is 3.50. The second-order valence-corrected chi connectivity index (χ2v) is 26.9. The number of carboxylic acids is 1.